The number of imide groups is 1. The van der Waals surface area contributed by atoms with Crippen molar-refractivity contribution in [2.75, 3.05) is 4.90 Å². The molecule has 158 valence electrons. The number of aromatic amines is 1. The number of nitrogens with one attached hydrogen (secondary N) is 1. The third-order valence-corrected chi connectivity index (χ3v) is 6.82. The van der Waals surface area contributed by atoms with Gasteiger partial charge in [-0.15, -0.1) is 0 Å². The highest BCUT2D eigenvalue weighted by Crippen LogP contribution is 2.45. The van der Waals surface area contributed by atoms with Crippen LogP contribution in [0.5, 0.6) is 0 Å². The number of halogens is 2. The maximum atomic E-state index is 13.7. The number of fused-ring (bicyclic) bond motifs is 4. The number of amides is 3. The second-order valence-electron chi connectivity index (χ2n) is 8.08. The van der Waals surface area contributed by atoms with Gasteiger partial charge in [-0.05, 0) is 53.6 Å². The molecule has 3 amide bonds. The minimum absolute atomic E-state index is 0.229. The summed E-state index contributed by atoms with van der Waals surface area (Å²) in [6.45, 7) is 0. The molecule has 7 heteroatoms. The van der Waals surface area contributed by atoms with Crippen molar-refractivity contribution >= 4 is 51.7 Å². The Balaban J connectivity index is 1.54. The van der Waals surface area contributed by atoms with Crippen LogP contribution in [-0.4, -0.2) is 27.9 Å². The third kappa shape index (κ3) is 2.78. The van der Waals surface area contributed by atoms with E-state index in [2.05, 4.69) is 11.1 Å². The normalized spacial score (nSPS) is 20.1. The maximum Gasteiger partial charge on any atom is 0.332 e. The second-order valence-corrected chi connectivity index (χ2v) is 8.95. The van der Waals surface area contributed by atoms with Gasteiger partial charge in [0, 0.05) is 33.1 Å². The maximum absolute atomic E-state index is 13.7. The lowest BCUT2D eigenvalue weighted by molar-refractivity contribution is -0.120. The SMILES string of the molecule is O=C1[C@@H]2Cc3c([nH]c4ccccc34)[C@H](c3ccc(Cl)cc3)N2C(=O)N1c1ccc(Cl)cc1. The van der Waals surface area contributed by atoms with Crippen molar-refractivity contribution in [1.29, 1.82) is 0 Å². The summed E-state index contributed by atoms with van der Waals surface area (Å²) in [6, 6.07) is 20.9. The number of H-pyrrole nitrogens is 1. The van der Waals surface area contributed by atoms with Crippen molar-refractivity contribution < 1.29 is 9.59 Å². The molecule has 3 heterocycles. The Kier molecular flexibility index (Phi) is 4.32. The highest BCUT2D eigenvalue weighted by atomic mass is 35.5. The molecule has 32 heavy (non-hydrogen) atoms. The van der Waals surface area contributed by atoms with Crippen LogP contribution in [0.3, 0.4) is 0 Å². The van der Waals surface area contributed by atoms with Gasteiger partial charge in [0.05, 0.1) is 5.69 Å². The van der Waals surface area contributed by atoms with Gasteiger partial charge in [0.25, 0.3) is 5.91 Å². The molecule has 5 nitrogen and oxygen atoms in total. The predicted octanol–water partition coefficient (Wildman–Crippen LogP) is 5.96. The van der Waals surface area contributed by atoms with Crippen molar-refractivity contribution in [3.63, 3.8) is 0 Å². The number of anilines is 1. The number of carbonyl (C=O) groups is 2. The van der Waals surface area contributed by atoms with Crippen LogP contribution >= 0.6 is 23.2 Å². The lowest BCUT2D eigenvalue weighted by Gasteiger charge is -2.36. The van der Waals surface area contributed by atoms with Gasteiger partial charge in [-0.2, -0.15) is 0 Å². The monoisotopic (exact) mass is 461 g/mol. The van der Waals surface area contributed by atoms with Crippen molar-refractivity contribution in [2.24, 2.45) is 0 Å². The van der Waals surface area contributed by atoms with Crippen LogP contribution in [0.25, 0.3) is 10.9 Å². The lowest BCUT2D eigenvalue weighted by Crippen LogP contribution is -2.44. The van der Waals surface area contributed by atoms with E-state index in [4.69, 9.17) is 23.2 Å². The Morgan fingerprint density at radius 1 is 0.844 bits per heavy atom. The molecule has 3 aromatic carbocycles. The first-order chi connectivity index (χ1) is 15.5. The summed E-state index contributed by atoms with van der Waals surface area (Å²) >= 11 is 12.1. The van der Waals surface area contributed by atoms with E-state index in [1.54, 1.807) is 29.2 Å². The number of rotatable bonds is 2. The fraction of sp³-hybridized carbons (Fsp3) is 0.120. The molecule has 4 aromatic rings. The first-order valence-corrected chi connectivity index (χ1v) is 11.1. The summed E-state index contributed by atoms with van der Waals surface area (Å²) in [7, 11) is 0. The molecule has 0 aliphatic carbocycles. The minimum Gasteiger partial charge on any atom is -0.356 e. The molecule has 6 rings (SSSR count). The van der Waals surface area contributed by atoms with E-state index in [1.165, 1.54) is 4.90 Å². The molecular formula is C25H17Cl2N3O2. The van der Waals surface area contributed by atoms with E-state index in [1.807, 2.05) is 42.5 Å². The van der Waals surface area contributed by atoms with E-state index < -0.39 is 12.1 Å². The zero-order valence-corrected chi connectivity index (χ0v) is 18.3. The number of hydrogen-bond acceptors (Lipinski definition) is 2. The number of para-hydroxylation sites is 1. The summed E-state index contributed by atoms with van der Waals surface area (Å²) in [5.74, 6) is -0.229. The molecule has 0 radical (unpaired) electrons. The molecule has 2 aliphatic rings. The highest BCUT2D eigenvalue weighted by molar-refractivity contribution is 6.31. The Bertz CT molecular complexity index is 1380. The molecule has 2 atom stereocenters. The number of nitrogens with zero attached hydrogens (tertiary/aromatic N) is 2. The van der Waals surface area contributed by atoms with Crippen LogP contribution in [0.1, 0.15) is 22.9 Å². The first kappa shape index (κ1) is 19.4. The average Bonchev–Trinajstić information content (AvgIpc) is 3.29. The number of aromatic nitrogens is 1. The summed E-state index contributed by atoms with van der Waals surface area (Å²) in [5, 5.41) is 2.24. The van der Waals surface area contributed by atoms with E-state index >= 15 is 0 Å². The lowest BCUT2D eigenvalue weighted by atomic mass is 9.89. The largest absolute Gasteiger partial charge is 0.356 e. The van der Waals surface area contributed by atoms with Crippen LogP contribution in [0.15, 0.2) is 72.8 Å². The molecule has 1 N–H and O–H groups in total. The van der Waals surface area contributed by atoms with Gasteiger partial charge in [-0.25, -0.2) is 9.69 Å². The number of carbonyl (C=O) groups excluding carboxylic acids is 2. The summed E-state index contributed by atoms with van der Waals surface area (Å²) in [4.78, 5) is 33.7. The van der Waals surface area contributed by atoms with Crippen molar-refractivity contribution in [3.05, 3.63) is 99.7 Å². The van der Waals surface area contributed by atoms with E-state index in [-0.39, 0.29) is 11.9 Å². The highest BCUT2D eigenvalue weighted by Gasteiger charge is 2.53. The predicted molar refractivity (Wildman–Crippen MR) is 125 cm³/mol. The molecule has 1 aromatic heterocycles. The molecule has 0 unspecified atom stereocenters. The smallest absolute Gasteiger partial charge is 0.332 e. The zero-order chi connectivity index (χ0) is 22.0. The van der Waals surface area contributed by atoms with E-state index in [0.717, 1.165) is 27.7 Å². The molecule has 1 fully saturated rings. The van der Waals surface area contributed by atoms with Crippen LogP contribution in [-0.2, 0) is 11.2 Å². The molecule has 2 aliphatic heterocycles. The number of hydrogen-bond donors (Lipinski definition) is 1. The first-order valence-electron chi connectivity index (χ1n) is 10.3. The molecule has 0 saturated carbocycles. The van der Waals surface area contributed by atoms with Crippen LogP contribution in [0.4, 0.5) is 10.5 Å². The molecule has 0 spiro atoms. The van der Waals surface area contributed by atoms with E-state index in [0.29, 0.717) is 22.2 Å². The molecule has 1 saturated heterocycles. The van der Waals surface area contributed by atoms with Crippen molar-refractivity contribution in [3.8, 4) is 0 Å². The number of benzene rings is 3. The van der Waals surface area contributed by atoms with Gasteiger partial charge in [0.1, 0.15) is 12.1 Å². The second kappa shape index (κ2) is 7.12. The van der Waals surface area contributed by atoms with Gasteiger partial charge >= 0.3 is 6.03 Å². The zero-order valence-electron chi connectivity index (χ0n) is 16.8. The summed E-state index contributed by atoms with van der Waals surface area (Å²) < 4.78 is 0. The standard InChI is InChI=1S/C25H17Cl2N3O2/c26-15-7-5-14(6-8-15)23-22-19(18-3-1-2-4-20(18)28-22)13-21-24(31)29(25(32)30(21)23)17-11-9-16(27)10-12-17/h1-12,21,23,28H,13H2/t21-,23-/m0/s1. The third-order valence-electron chi connectivity index (χ3n) is 6.32. The topological polar surface area (TPSA) is 56.4 Å². The average molecular weight is 462 g/mol. The fourth-order valence-electron chi connectivity index (χ4n) is 4.89. The Morgan fingerprint density at radius 2 is 1.50 bits per heavy atom. The Morgan fingerprint density at radius 3 is 2.22 bits per heavy atom. The fourth-order valence-corrected chi connectivity index (χ4v) is 5.15. The van der Waals surface area contributed by atoms with Crippen molar-refractivity contribution in [1.82, 2.24) is 9.88 Å². The van der Waals surface area contributed by atoms with Crippen LogP contribution in [0.2, 0.25) is 10.0 Å². The van der Waals surface area contributed by atoms with Gasteiger partial charge in [-0.3, -0.25) is 9.69 Å². The minimum atomic E-state index is -0.592. The van der Waals surface area contributed by atoms with Crippen molar-refractivity contribution in [2.45, 2.75) is 18.5 Å². The summed E-state index contributed by atoms with van der Waals surface area (Å²) in [6.07, 6.45) is 0.456. The molecular weight excluding hydrogens is 445 g/mol. The van der Waals surface area contributed by atoms with Gasteiger partial charge in [0.2, 0.25) is 0 Å². The molecule has 0 bridgehead atoms. The van der Waals surface area contributed by atoms with Crippen LogP contribution in [0, 0.1) is 0 Å². The van der Waals surface area contributed by atoms with Gasteiger partial charge in [0.15, 0.2) is 0 Å². The Labute approximate surface area is 194 Å². The summed E-state index contributed by atoms with van der Waals surface area (Å²) in [5.41, 5.74) is 4.41. The van der Waals surface area contributed by atoms with Gasteiger partial charge < -0.3 is 4.98 Å². The van der Waals surface area contributed by atoms with Crippen LogP contribution < -0.4 is 4.90 Å². The number of urea groups is 1. The quantitative estimate of drug-likeness (QED) is 0.374. The van der Waals surface area contributed by atoms with E-state index in [9.17, 15) is 9.59 Å². The van der Waals surface area contributed by atoms with Gasteiger partial charge in [-0.1, -0.05) is 53.5 Å². The Hall–Kier alpha value is -3.28.